The minimum absolute atomic E-state index is 0.0184. The standard InChI is InChI=1S/C13H7F4NO3/c14-11-10(5-8(6-18-11)12(19)20)7-2-1-3-9(4-7)21-13(15,16)17/h1-6H,(H,19,20). The summed E-state index contributed by atoms with van der Waals surface area (Å²) in [5, 5.41) is 8.82. The van der Waals surface area contributed by atoms with E-state index in [0.29, 0.717) is 0 Å². The van der Waals surface area contributed by atoms with Crippen molar-refractivity contribution in [3.8, 4) is 16.9 Å². The van der Waals surface area contributed by atoms with Crippen molar-refractivity contribution in [2.75, 3.05) is 0 Å². The fourth-order valence-electron chi connectivity index (χ4n) is 1.63. The lowest BCUT2D eigenvalue weighted by Crippen LogP contribution is -2.17. The van der Waals surface area contributed by atoms with E-state index in [-0.39, 0.29) is 16.7 Å². The number of aromatic nitrogens is 1. The quantitative estimate of drug-likeness (QED) is 0.696. The summed E-state index contributed by atoms with van der Waals surface area (Å²) in [5.74, 6) is -2.87. The molecule has 0 saturated heterocycles. The number of halogens is 4. The summed E-state index contributed by atoms with van der Waals surface area (Å²) < 4.78 is 53.8. The van der Waals surface area contributed by atoms with E-state index in [1.165, 1.54) is 12.1 Å². The second-order valence-electron chi connectivity index (χ2n) is 3.94. The van der Waals surface area contributed by atoms with Crippen LogP contribution >= 0.6 is 0 Å². The van der Waals surface area contributed by atoms with Gasteiger partial charge in [0.2, 0.25) is 5.95 Å². The van der Waals surface area contributed by atoms with Gasteiger partial charge >= 0.3 is 12.3 Å². The fourth-order valence-corrected chi connectivity index (χ4v) is 1.63. The Morgan fingerprint density at radius 1 is 1.24 bits per heavy atom. The van der Waals surface area contributed by atoms with Gasteiger partial charge in [-0.25, -0.2) is 9.78 Å². The number of carbonyl (C=O) groups is 1. The van der Waals surface area contributed by atoms with Crippen molar-refractivity contribution in [1.29, 1.82) is 0 Å². The number of rotatable bonds is 3. The minimum atomic E-state index is -4.88. The predicted molar refractivity (Wildman–Crippen MR) is 63.3 cm³/mol. The highest BCUT2D eigenvalue weighted by Gasteiger charge is 2.31. The Morgan fingerprint density at radius 3 is 2.57 bits per heavy atom. The number of carboxylic acid groups (broad SMARTS) is 1. The molecule has 0 amide bonds. The van der Waals surface area contributed by atoms with Crippen LogP contribution in [0.15, 0.2) is 36.5 Å². The third-order valence-electron chi connectivity index (χ3n) is 2.46. The fraction of sp³-hybridized carbons (Fsp3) is 0.0769. The monoisotopic (exact) mass is 301 g/mol. The number of ether oxygens (including phenoxy) is 1. The van der Waals surface area contributed by atoms with Gasteiger partial charge in [-0.15, -0.1) is 13.2 Å². The molecule has 0 fully saturated rings. The van der Waals surface area contributed by atoms with Crippen molar-refractivity contribution < 1.29 is 32.2 Å². The Labute approximate surface area is 115 Å². The van der Waals surface area contributed by atoms with Crippen LogP contribution in [0.1, 0.15) is 10.4 Å². The summed E-state index contributed by atoms with van der Waals surface area (Å²) in [6.45, 7) is 0. The first-order valence-electron chi connectivity index (χ1n) is 5.51. The average molecular weight is 301 g/mol. The van der Waals surface area contributed by atoms with E-state index in [4.69, 9.17) is 5.11 Å². The zero-order valence-electron chi connectivity index (χ0n) is 10.2. The molecular weight excluding hydrogens is 294 g/mol. The van der Waals surface area contributed by atoms with Crippen LogP contribution in [-0.4, -0.2) is 22.4 Å². The van der Waals surface area contributed by atoms with Crippen LogP contribution in [0.5, 0.6) is 5.75 Å². The Balaban J connectivity index is 2.45. The Kier molecular flexibility index (Phi) is 3.79. The number of nitrogens with zero attached hydrogens (tertiary/aromatic N) is 1. The molecule has 2 aromatic rings. The van der Waals surface area contributed by atoms with Crippen molar-refractivity contribution in [3.05, 3.63) is 48.0 Å². The smallest absolute Gasteiger partial charge is 0.478 e. The molecule has 4 nitrogen and oxygen atoms in total. The highest BCUT2D eigenvalue weighted by atomic mass is 19.4. The van der Waals surface area contributed by atoms with Gasteiger partial charge < -0.3 is 9.84 Å². The van der Waals surface area contributed by atoms with Crippen molar-refractivity contribution in [1.82, 2.24) is 4.98 Å². The number of carboxylic acids is 1. The van der Waals surface area contributed by atoms with Crippen LogP contribution < -0.4 is 4.74 Å². The molecule has 1 heterocycles. The van der Waals surface area contributed by atoms with Crippen LogP contribution in [-0.2, 0) is 0 Å². The molecule has 0 radical (unpaired) electrons. The van der Waals surface area contributed by atoms with Gasteiger partial charge in [0.1, 0.15) is 5.75 Å². The normalized spacial score (nSPS) is 11.2. The number of benzene rings is 1. The zero-order chi connectivity index (χ0) is 15.6. The highest BCUT2D eigenvalue weighted by molar-refractivity contribution is 5.89. The summed E-state index contributed by atoms with van der Waals surface area (Å²) in [7, 11) is 0. The van der Waals surface area contributed by atoms with Crippen LogP contribution in [0.2, 0.25) is 0 Å². The Hall–Kier alpha value is -2.64. The second kappa shape index (κ2) is 5.39. The maximum atomic E-state index is 13.6. The van der Waals surface area contributed by atoms with Crippen LogP contribution in [0.3, 0.4) is 0 Å². The lowest BCUT2D eigenvalue weighted by molar-refractivity contribution is -0.274. The molecular formula is C13H7F4NO3. The summed E-state index contributed by atoms with van der Waals surface area (Å²) in [6, 6.07) is 5.51. The van der Waals surface area contributed by atoms with Crippen molar-refractivity contribution in [2.24, 2.45) is 0 Å². The molecule has 0 atom stereocenters. The summed E-state index contributed by atoms with van der Waals surface area (Å²) in [4.78, 5) is 14.1. The molecule has 1 N–H and O–H groups in total. The van der Waals surface area contributed by atoms with Crippen molar-refractivity contribution >= 4 is 5.97 Å². The third kappa shape index (κ3) is 3.68. The van der Waals surface area contributed by atoms with Gasteiger partial charge in [-0.1, -0.05) is 12.1 Å². The molecule has 2 rings (SSSR count). The second-order valence-corrected chi connectivity index (χ2v) is 3.94. The van der Waals surface area contributed by atoms with Gasteiger partial charge in [0.25, 0.3) is 0 Å². The molecule has 0 unspecified atom stereocenters. The van der Waals surface area contributed by atoms with Crippen molar-refractivity contribution in [3.63, 3.8) is 0 Å². The van der Waals surface area contributed by atoms with Crippen LogP contribution in [0, 0.1) is 5.95 Å². The van der Waals surface area contributed by atoms with Crippen LogP contribution in [0.25, 0.3) is 11.1 Å². The molecule has 0 saturated carbocycles. The molecule has 0 aliphatic rings. The summed E-state index contributed by atoms with van der Waals surface area (Å²) in [5.41, 5.74) is -0.499. The maximum absolute atomic E-state index is 13.6. The first kappa shape index (κ1) is 14.8. The number of alkyl halides is 3. The van der Waals surface area contributed by atoms with E-state index < -0.39 is 24.0 Å². The van der Waals surface area contributed by atoms with Gasteiger partial charge in [-0.05, 0) is 23.8 Å². The number of pyridine rings is 1. The highest BCUT2D eigenvalue weighted by Crippen LogP contribution is 2.29. The molecule has 21 heavy (non-hydrogen) atoms. The zero-order valence-corrected chi connectivity index (χ0v) is 10.2. The first-order valence-corrected chi connectivity index (χ1v) is 5.51. The molecule has 0 bridgehead atoms. The van der Waals surface area contributed by atoms with E-state index in [1.807, 2.05) is 0 Å². The van der Waals surface area contributed by atoms with Gasteiger partial charge in [-0.2, -0.15) is 4.39 Å². The SMILES string of the molecule is O=C(O)c1cnc(F)c(-c2cccc(OC(F)(F)F)c2)c1. The lowest BCUT2D eigenvalue weighted by Gasteiger charge is -2.10. The predicted octanol–water partition coefficient (Wildman–Crippen LogP) is 3.48. The number of hydrogen-bond acceptors (Lipinski definition) is 3. The lowest BCUT2D eigenvalue weighted by atomic mass is 10.1. The van der Waals surface area contributed by atoms with Crippen LogP contribution in [0.4, 0.5) is 17.6 Å². The van der Waals surface area contributed by atoms with E-state index in [0.717, 1.165) is 24.4 Å². The first-order chi connectivity index (χ1) is 9.76. The number of hydrogen-bond donors (Lipinski definition) is 1. The molecule has 110 valence electrons. The largest absolute Gasteiger partial charge is 0.573 e. The Bertz CT molecular complexity index is 685. The average Bonchev–Trinajstić information content (AvgIpc) is 2.37. The van der Waals surface area contributed by atoms with E-state index in [9.17, 15) is 22.4 Å². The third-order valence-corrected chi connectivity index (χ3v) is 2.46. The summed E-state index contributed by atoms with van der Waals surface area (Å²) >= 11 is 0. The van der Waals surface area contributed by atoms with Gasteiger partial charge in [0.15, 0.2) is 0 Å². The molecule has 1 aromatic carbocycles. The summed E-state index contributed by atoms with van der Waals surface area (Å²) in [6.07, 6.45) is -4.06. The topological polar surface area (TPSA) is 59.4 Å². The van der Waals surface area contributed by atoms with Crippen molar-refractivity contribution in [2.45, 2.75) is 6.36 Å². The van der Waals surface area contributed by atoms with E-state index >= 15 is 0 Å². The van der Waals surface area contributed by atoms with E-state index in [2.05, 4.69) is 9.72 Å². The van der Waals surface area contributed by atoms with Gasteiger partial charge in [-0.3, -0.25) is 0 Å². The number of aromatic carboxylic acids is 1. The molecule has 0 aliphatic heterocycles. The Morgan fingerprint density at radius 2 is 1.95 bits per heavy atom. The molecule has 8 heteroatoms. The molecule has 0 spiro atoms. The van der Waals surface area contributed by atoms with Gasteiger partial charge in [0, 0.05) is 11.8 Å². The van der Waals surface area contributed by atoms with Gasteiger partial charge in [0.05, 0.1) is 5.56 Å². The van der Waals surface area contributed by atoms with E-state index in [1.54, 1.807) is 0 Å². The maximum Gasteiger partial charge on any atom is 0.573 e. The minimum Gasteiger partial charge on any atom is -0.478 e. The molecule has 0 aliphatic carbocycles. The molecule has 1 aromatic heterocycles.